The summed E-state index contributed by atoms with van der Waals surface area (Å²) in [4.78, 5) is 117. The summed E-state index contributed by atoms with van der Waals surface area (Å²) in [5, 5.41) is 22.5. The highest BCUT2D eigenvalue weighted by Crippen LogP contribution is 2.37. The normalized spacial score (nSPS) is 24.5. The number of hydrogen-bond acceptors (Lipinski definition) is 13. The van der Waals surface area contributed by atoms with Gasteiger partial charge in [-0.25, -0.2) is 4.68 Å². The number of nitrogens with zero attached hydrogens (tertiary/aromatic N) is 4. The molecule has 2 saturated heterocycles. The fourth-order valence-electron chi connectivity index (χ4n) is 8.83. The van der Waals surface area contributed by atoms with Crippen LogP contribution in [0.25, 0.3) is 31.2 Å². The van der Waals surface area contributed by atoms with Gasteiger partial charge in [-0.2, -0.15) is 0 Å². The first-order chi connectivity index (χ1) is 33.1. The average Bonchev–Trinajstić information content (AvgIpc) is 4.19. The van der Waals surface area contributed by atoms with E-state index in [1.807, 2.05) is 60.8 Å². The number of thiophene rings is 2. The molecule has 11 N–H and O–H groups in total. The number of primary amides is 2. The zero-order valence-electron chi connectivity index (χ0n) is 38.4. The molecule has 2 aliphatic heterocycles. The SMILES string of the molecule is CC[C@H](C)[C@@H]1CC(=O)[C@H](CC(N)=O)NC(=O)[C@@H](N)CC(=O)NCCCC[C@@H](C(N)=O)NC(=O)[C@H](Cc2c[nH]c3ccccc23)NC(=O)[C@@H]2C[C@H](n3cc(-c4ccc(-c5cccs5)s4)nn3)CN2C1=O. The highest BCUT2D eigenvalue weighted by Gasteiger charge is 2.45. The second kappa shape index (κ2) is 22.6. The van der Waals surface area contributed by atoms with Crippen molar-refractivity contribution in [2.24, 2.45) is 29.0 Å². The molecular weight excluding hydrogens is 925 g/mol. The highest BCUT2D eigenvalue weighted by atomic mass is 32.1. The Morgan fingerprint density at radius 1 is 0.884 bits per heavy atom. The second-order valence-electron chi connectivity index (χ2n) is 17.8. The van der Waals surface area contributed by atoms with E-state index in [4.69, 9.17) is 17.2 Å². The molecule has 7 rings (SSSR count). The van der Waals surface area contributed by atoms with Crippen molar-refractivity contribution in [3.05, 3.63) is 71.9 Å². The number of aromatic amines is 1. The Morgan fingerprint density at radius 3 is 2.39 bits per heavy atom. The van der Waals surface area contributed by atoms with Crippen molar-refractivity contribution in [2.45, 2.75) is 108 Å². The van der Waals surface area contributed by atoms with E-state index in [2.05, 4.69) is 36.6 Å². The van der Waals surface area contributed by atoms with Gasteiger partial charge in [-0.3, -0.25) is 38.4 Å². The maximum absolute atomic E-state index is 15.1. The molecular formula is C47H58N12O8S2. The number of carbonyl (C=O) groups excluding carboxylic acids is 8. The largest absolute Gasteiger partial charge is 0.370 e. The topological polar surface area (TPSA) is 312 Å². The fraction of sp³-hybridized carbons (Fsp3) is 0.447. The number of fused-ring (bicyclic) bond motifs is 2. The van der Waals surface area contributed by atoms with Crippen molar-refractivity contribution in [2.75, 3.05) is 13.1 Å². The standard InChI is InChI=1S/C47H58N12O8S2/c1-3-25(2)29-19-37(60)33(21-41(49)61)54-44(64)30(48)20-42(62)51-15-7-6-11-32(43(50)63)53-45(65)34(17-26-22-52-31-10-5-4-9-28(26)31)55-46(66)36-18-27(23-58(36)47(29)67)59-24-35(56-57-59)38-13-14-40(69-38)39-12-8-16-68-39/h4-5,8-10,12-14,16,22,24-25,27,29-30,32-34,36,52H,3,6-7,11,15,17-21,23,48H2,1-2H3,(H2,49,61)(H2,50,63)(H,51,62)(H,53,65)(H,54,64)(H,55,66)/t25-,27-,29-,30-,32-,33-,34-,36-/m0/s1. The Morgan fingerprint density at radius 2 is 1.65 bits per heavy atom. The zero-order chi connectivity index (χ0) is 49.4. The van der Waals surface area contributed by atoms with Crippen molar-refractivity contribution < 1.29 is 38.4 Å². The minimum Gasteiger partial charge on any atom is -0.370 e. The van der Waals surface area contributed by atoms with Gasteiger partial charge < -0.3 is 48.4 Å². The van der Waals surface area contributed by atoms with Gasteiger partial charge in [0.15, 0.2) is 5.78 Å². The molecule has 0 saturated carbocycles. The third-order valence-electron chi connectivity index (χ3n) is 12.9. The Kier molecular flexibility index (Phi) is 16.4. The van der Waals surface area contributed by atoms with Gasteiger partial charge in [0.1, 0.15) is 23.8 Å². The smallest absolute Gasteiger partial charge is 0.243 e. The lowest BCUT2D eigenvalue weighted by atomic mass is 9.84. The minimum atomic E-state index is -1.47. The number of carbonyl (C=O) groups is 8. The molecule has 0 spiro atoms. The van der Waals surface area contributed by atoms with Crippen LogP contribution >= 0.6 is 22.7 Å². The van der Waals surface area contributed by atoms with E-state index in [9.17, 15) is 33.6 Å². The molecule has 5 aromatic rings. The molecule has 4 aromatic heterocycles. The molecule has 0 unspecified atom stereocenters. The predicted molar refractivity (Wildman–Crippen MR) is 259 cm³/mol. The third-order valence-corrected chi connectivity index (χ3v) is 15.1. The monoisotopic (exact) mass is 982 g/mol. The quantitative estimate of drug-likeness (QED) is 0.100. The van der Waals surface area contributed by atoms with E-state index in [-0.39, 0.29) is 32.4 Å². The first-order valence-corrected chi connectivity index (χ1v) is 24.7. The first-order valence-electron chi connectivity index (χ1n) is 23.0. The van der Waals surface area contributed by atoms with Crippen molar-refractivity contribution in [1.82, 2.24) is 46.1 Å². The molecule has 69 heavy (non-hydrogen) atoms. The first kappa shape index (κ1) is 50.1. The number of H-pyrrole nitrogens is 1. The Bertz CT molecular complexity index is 2680. The van der Waals surface area contributed by atoms with E-state index < -0.39 is 114 Å². The highest BCUT2D eigenvalue weighted by molar-refractivity contribution is 7.23. The molecule has 7 amide bonds. The van der Waals surface area contributed by atoms with E-state index in [0.29, 0.717) is 30.5 Å². The number of rotatable bonds is 10. The number of benzene rings is 1. The van der Waals surface area contributed by atoms with Gasteiger partial charge in [-0.15, -0.1) is 27.8 Å². The summed E-state index contributed by atoms with van der Waals surface area (Å²) in [6, 6.07) is 8.36. The van der Waals surface area contributed by atoms with Crippen molar-refractivity contribution in [1.29, 1.82) is 0 Å². The van der Waals surface area contributed by atoms with Gasteiger partial charge in [0.05, 0.1) is 42.0 Å². The van der Waals surface area contributed by atoms with Gasteiger partial charge >= 0.3 is 0 Å². The van der Waals surface area contributed by atoms with Gasteiger partial charge in [-0.05, 0) is 60.4 Å². The number of nitrogens with one attached hydrogen (secondary N) is 5. The molecule has 6 heterocycles. The van der Waals surface area contributed by atoms with Crippen molar-refractivity contribution >= 4 is 80.7 Å². The van der Waals surface area contributed by atoms with Crippen LogP contribution in [0.1, 0.15) is 76.8 Å². The molecule has 2 fully saturated rings. The predicted octanol–water partition coefficient (Wildman–Crippen LogP) is 2.06. The molecule has 20 nitrogen and oxygen atoms in total. The number of para-hydroxylation sites is 1. The molecule has 22 heteroatoms. The summed E-state index contributed by atoms with van der Waals surface area (Å²) in [6.45, 7) is 3.73. The van der Waals surface area contributed by atoms with Crippen molar-refractivity contribution in [3.63, 3.8) is 0 Å². The van der Waals surface area contributed by atoms with E-state index in [0.717, 1.165) is 25.5 Å². The van der Waals surface area contributed by atoms with Gasteiger partial charge in [-0.1, -0.05) is 49.7 Å². The van der Waals surface area contributed by atoms with E-state index in [1.54, 1.807) is 46.7 Å². The summed E-state index contributed by atoms with van der Waals surface area (Å²) in [6.07, 6.45) is 3.26. The summed E-state index contributed by atoms with van der Waals surface area (Å²) in [5.74, 6) is -7.25. The van der Waals surface area contributed by atoms with Crippen LogP contribution < -0.4 is 38.5 Å². The minimum absolute atomic E-state index is 0.0109. The number of amides is 7. The van der Waals surface area contributed by atoms with Crippen LogP contribution in [0.3, 0.4) is 0 Å². The lowest BCUT2D eigenvalue weighted by Gasteiger charge is -2.32. The number of nitrogens with two attached hydrogens (primary N) is 3. The van der Waals surface area contributed by atoms with Crippen LogP contribution in [-0.2, 0) is 44.8 Å². The Labute approximate surface area is 405 Å². The summed E-state index contributed by atoms with van der Waals surface area (Å²) < 4.78 is 1.61. The molecule has 0 bridgehead atoms. The van der Waals surface area contributed by atoms with E-state index in [1.165, 1.54) is 4.90 Å². The maximum Gasteiger partial charge on any atom is 0.243 e. The Hall–Kier alpha value is -6.78. The third kappa shape index (κ3) is 12.3. The lowest BCUT2D eigenvalue weighted by Crippen LogP contribution is -2.57. The van der Waals surface area contributed by atoms with Gasteiger partial charge in [0.25, 0.3) is 0 Å². The summed E-state index contributed by atoms with van der Waals surface area (Å²) >= 11 is 3.17. The number of hydrogen-bond donors (Lipinski definition) is 8. The van der Waals surface area contributed by atoms with Crippen LogP contribution in [-0.4, -0.2) is 115 Å². The summed E-state index contributed by atoms with van der Waals surface area (Å²) in [7, 11) is 0. The summed E-state index contributed by atoms with van der Waals surface area (Å²) in [5.41, 5.74) is 19.5. The average molecular weight is 983 g/mol. The van der Waals surface area contributed by atoms with Gasteiger partial charge in [0.2, 0.25) is 41.4 Å². The number of Topliss-reactive ketones (excluding diaryl/α,β-unsaturated/α-hetero) is 1. The molecule has 0 radical (unpaired) electrons. The van der Waals surface area contributed by atoms with Crippen LogP contribution in [0.2, 0.25) is 0 Å². The van der Waals surface area contributed by atoms with Crippen LogP contribution in [0.4, 0.5) is 0 Å². The van der Waals surface area contributed by atoms with Gasteiger partial charge in [0, 0.05) is 65.1 Å². The molecule has 366 valence electrons. The van der Waals surface area contributed by atoms with Crippen molar-refractivity contribution in [3.8, 4) is 20.3 Å². The van der Waals surface area contributed by atoms with Crippen LogP contribution in [0.15, 0.2) is 66.3 Å². The second-order valence-corrected chi connectivity index (χ2v) is 19.8. The lowest BCUT2D eigenvalue weighted by molar-refractivity contribution is -0.145. The molecule has 8 atom stereocenters. The molecule has 1 aromatic carbocycles. The Balaban J connectivity index is 1.25. The zero-order valence-corrected chi connectivity index (χ0v) is 40.0. The molecule has 0 aliphatic carbocycles. The molecule has 2 aliphatic rings. The van der Waals surface area contributed by atoms with E-state index >= 15 is 4.79 Å². The van der Waals surface area contributed by atoms with Crippen LogP contribution in [0, 0.1) is 11.8 Å². The fourth-order valence-corrected chi connectivity index (χ4v) is 10.6. The maximum atomic E-state index is 15.1. The van der Waals surface area contributed by atoms with Crippen LogP contribution in [0.5, 0.6) is 0 Å². The number of ketones is 1. The number of aromatic nitrogens is 4.